The van der Waals surface area contributed by atoms with Gasteiger partial charge in [-0.05, 0) is 37.0 Å². The van der Waals surface area contributed by atoms with Crippen molar-refractivity contribution in [1.29, 1.82) is 5.26 Å². The lowest BCUT2D eigenvalue weighted by atomic mass is 9.96. The van der Waals surface area contributed by atoms with E-state index < -0.39 is 32.4 Å². The zero-order chi connectivity index (χ0) is 24.2. The highest BCUT2D eigenvalue weighted by atomic mass is 32.2. The first-order valence-electron chi connectivity index (χ1n) is 10.2. The highest BCUT2D eigenvalue weighted by Gasteiger charge is 2.44. The molecule has 33 heavy (non-hydrogen) atoms. The number of oxime groups is 1. The van der Waals surface area contributed by atoms with Crippen molar-refractivity contribution in [2.45, 2.75) is 43.5 Å². The number of hydrogen-bond donors (Lipinski definition) is 2. The second-order valence-corrected chi connectivity index (χ2v) is 10.6. The molecule has 10 heteroatoms. The first-order chi connectivity index (χ1) is 15.6. The van der Waals surface area contributed by atoms with E-state index in [0.29, 0.717) is 28.8 Å². The van der Waals surface area contributed by atoms with Crippen LogP contribution in [0.3, 0.4) is 0 Å². The van der Waals surface area contributed by atoms with Gasteiger partial charge in [0.05, 0.1) is 18.2 Å². The molecular formula is C23H24FN3O5S. The molecule has 1 amide bonds. The number of carbonyl (C=O) groups excluding carboxylic acids is 1. The molecule has 1 heterocycles. The first-order valence-corrected chi connectivity index (χ1v) is 12.1. The molecule has 0 saturated carbocycles. The van der Waals surface area contributed by atoms with Crippen LogP contribution in [0.4, 0.5) is 4.39 Å². The quantitative estimate of drug-likeness (QED) is 0.448. The average Bonchev–Trinajstić information content (AvgIpc) is 3.26. The molecule has 0 saturated heterocycles. The summed E-state index contributed by atoms with van der Waals surface area (Å²) in [4.78, 5) is 17.3. The van der Waals surface area contributed by atoms with Crippen LogP contribution >= 0.6 is 0 Å². The third kappa shape index (κ3) is 5.21. The van der Waals surface area contributed by atoms with Crippen molar-refractivity contribution < 1.29 is 27.6 Å². The van der Waals surface area contributed by atoms with E-state index in [9.17, 15) is 17.6 Å². The van der Waals surface area contributed by atoms with Gasteiger partial charge in [-0.15, -0.1) is 0 Å². The van der Waals surface area contributed by atoms with Crippen molar-refractivity contribution >= 4 is 21.5 Å². The van der Waals surface area contributed by atoms with Gasteiger partial charge in [0.25, 0.3) is 5.91 Å². The molecule has 1 aliphatic rings. The third-order valence-corrected chi connectivity index (χ3v) is 7.95. The summed E-state index contributed by atoms with van der Waals surface area (Å²) in [6, 6.07) is 13.9. The molecule has 0 spiro atoms. The third-order valence-electron chi connectivity index (χ3n) is 5.93. The van der Waals surface area contributed by atoms with E-state index in [-0.39, 0.29) is 19.3 Å². The number of nitriles is 1. The van der Waals surface area contributed by atoms with Crippen LogP contribution in [0.1, 0.15) is 37.3 Å². The van der Waals surface area contributed by atoms with Gasteiger partial charge in [0, 0.05) is 23.8 Å². The SMILES string of the molecule is C[C@@](CC[C@H]1CC(c2ccc(-c3ccc(CC#N)cc3)c(F)c2)=NO1)(C(=O)NO)S(C)(=O)=O. The van der Waals surface area contributed by atoms with E-state index in [4.69, 9.17) is 15.3 Å². The maximum Gasteiger partial charge on any atom is 0.264 e. The summed E-state index contributed by atoms with van der Waals surface area (Å²) >= 11 is 0. The number of sulfone groups is 1. The van der Waals surface area contributed by atoms with Gasteiger partial charge in [0.15, 0.2) is 9.84 Å². The average molecular weight is 474 g/mol. The summed E-state index contributed by atoms with van der Waals surface area (Å²) in [6.45, 7) is 1.24. The van der Waals surface area contributed by atoms with Crippen LogP contribution in [-0.2, 0) is 25.9 Å². The molecule has 2 atom stereocenters. The Morgan fingerprint density at radius 2 is 1.97 bits per heavy atom. The maximum atomic E-state index is 14.8. The number of hydrogen-bond acceptors (Lipinski definition) is 7. The summed E-state index contributed by atoms with van der Waals surface area (Å²) in [5.41, 5.74) is 4.42. The van der Waals surface area contributed by atoms with Gasteiger partial charge in [-0.1, -0.05) is 41.6 Å². The standard InChI is InChI=1S/C23H24FN3O5S/c1-23(22(28)26-29,33(2,30)31)11-9-18-14-21(27-32-18)17-7-8-19(20(24)13-17)16-5-3-15(4-6-16)10-12-25/h3-8,13,18,29H,9-11,14H2,1-2H3,(H,26,28)/t18-,23+/m0/s1. The van der Waals surface area contributed by atoms with Crippen molar-refractivity contribution in [2.75, 3.05) is 6.26 Å². The summed E-state index contributed by atoms with van der Waals surface area (Å²) in [6.07, 6.45) is 1.17. The van der Waals surface area contributed by atoms with Crippen molar-refractivity contribution in [2.24, 2.45) is 5.16 Å². The fourth-order valence-electron chi connectivity index (χ4n) is 3.60. The second-order valence-electron chi connectivity index (χ2n) is 8.18. The maximum absolute atomic E-state index is 14.8. The molecule has 0 radical (unpaired) electrons. The van der Waals surface area contributed by atoms with Crippen molar-refractivity contribution in [1.82, 2.24) is 5.48 Å². The zero-order valence-corrected chi connectivity index (χ0v) is 19.0. The van der Waals surface area contributed by atoms with Crippen molar-refractivity contribution in [3.63, 3.8) is 0 Å². The molecule has 2 aromatic carbocycles. The summed E-state index contributed by atoms with van der Waals surface area (Å²) in [5, 5.41) is 21.7. The molecule has 0 fully saturated rings. The van der Waals surface area contributed by atoms with E-state index in [2.05, 4.69) is 11.2 Å². The molecule has 3 rings (SSSR count). The van der Waals surface area contributed by atoms with E-state index in [0.717, 1.165) is 11.8 Å². The number of nitrogens with one attached hydrogen (secondary N) is 1. The molecule has 0 unspecified atom stereocenters. The molecule has 0 aliphatic carbocycles. The highest BCUT2D eigenvalue weighted by molar-refractivity contribution is 7.92. The normalized spacial score (nSPS) is 17.4. The number of nitrogens with zero attached hydrogens (tertiary/aromatic N) is 2. The zero-order valence-electron chi connectivity index (χ0n) is 18.2. The van der Waals surface area contributed by atoms with Crippen LogP contribution in [0.2, 0.25) is 0 Å². The van der Waals surface area contributed by atoms with Crippen molar-refractivity contribution in [3.05, 3.63) is 59.4 Å². The van der Waals surface area contributed by atoms with Crippen LogP contribution in [0, 0.1) is 17.1 Å². The lowest BCUT2D eigenvalue weighted by Crippen LogP contribution is -2.49. The fraction of sp³-hybridized carbons (Fsp3) is 0.348. The Kier molecular flexibility index (Phi) is 7.15. The van der Waals surface area contributed by atoms with E-state index in [1.807, 2.05) is 0 Å². The summed E-state index contributed by atoms with van der Waals surface area (Å²) in [5.74, 6) is -1.45. The Balaban J connectivity index is 1.68. The van der Waals surface area contributed by atoms with Gasteiger partial charge in [0.2, 0.25) is 0 Å². The van der Waals surface area contributed by atoms with Crippen LogP contribution in [0.25, 0.3) is 11.1 Å². The molecule has 2 aromatic rings. The van der Waals surface area contributed by atoms with Gasteiger partial charge in [-0.25, -0.2) is 18.3 Å². The minimum atomic E-state index is -3.81. The van der Waals surface area contributed by atoms with Gasteiger partial charge in [0.1, 0.15) is 16.7 Å². The number of hydroxylamine groups is 1. The number of benzene rings is 2. The Morgan fingerprint density at radius 1 is 1.30 bits per heavy atom. The predicted molar refractivity (Wildman–Crippen MR) is 120 cm³/mol. The minimum Gasteiger partial charge on any atom is -0.392 e. The Labute approximate surface area is 191 Å². The summed E-state index contributed by atoms with van der Waals surface area (Å²) in [7, 11) is -3.81. The van der Waals surface area contributed by atoms with Gasteiger partial charge < -0.3 is 4.84 Å². The largest absolute Gasteiger partial charge is 0.392 e. The van der Waals surface area contributed by atoms with Crippen LogP contribution in [-0.4, -0.2) is 42.4 Å². The van der Waals surface area contributed by atoms with E-state index >= 15 is 0 Å². The Morgan fingerprint density at radius 3 is 2.55 bits per heavy atom. The Bertz CT molecular complexity index is 1220. The second kappa shape index (κ2) is 9.68. The van der Waals surface area contributed by atoms with E-state index in [1.54, 1.807) is 36.4 Å². The molecule has 8 nitrogen and oxygen atoms in total. The molecule has 174 valence electrons. The monoisotopic (exact) mass is 473 g/mol. The van der Waals surface area contributed by atoms with Gasteiger partial charge in [-0.3, -0.25) is 10.0 Å². The number of carbonyl (C=O) groups is 1. The number of halogens is 1. The molecular weight excluding hydrogens is 449 g/mol. The molecule has 1 aliphatic heterocycles. The molecule has 0 aromatic heterocycles. The highest BCUT2D eigenvalue weighted by Crippen LogP contribution is 2.30. The minimum absolute atomic E-state index is 0.0826. The topological polar surface area (TPSA) is 129 Å². The smallest absolute Gasteiger partial charge is 0.264 e. The molecule has 2 N–H and O–H groups in total. The van der Waals surface area contributed by atoms with Crippen LogP contribution in [0.5, 0.6) is 0 Å². The van der Waals surface area contributed by atoms with Gasteiger partial charge >= 0.3 is 0 Å². The van der Waals surface area contributed by atoms with Crippen LogP contribution < -0.4 is 5.48 Å². The van der Waals surface area contributed by atoms with Crippen molar-refractivity contribution in [3.8, 4) is 17.2 Å². The fourth-order valence-corrected chi connectivity index (χ4v) is 4.47. The summed E-state index contributed by atoms with van der Waals surface area (Å²) < 4.78 is 37.2. The van der Waals surface area contributed by atoms with Crippen LogP contribution in [0.15, 0.2) is 47.6 Å². The number of rotatable bonds is 8. The predicted octanol–water partition coefficient (Wildman–Crippen LogP) is 3.14. The lowest BCUT2D eigenvalue weighted by molar-refractivity contribution is -0.131. The molecule has 0 bridgehead atoms. The van der Waals surface area contributed by atoms with Gasteiger partial charge in [-0.2, -0.15) is 5.26 Å². The van der Waals surface area contributed by atoms with E-state index in [1.165, 1.54) is 18.5 Å². The lowest BCUT2D eigenvalue weighted by Gasteiger charge is -2.25. The Hall–Kier alpha value is -3.29. The first kappa shape index (κ1) is 24.4. The number of amides is 1.